The Morgan fingerprint density at radius 2 is 1.88 bits per heavy atom. The predicted molar refractivity (Wildman–Crippen MR) is 105 cm³/mol. The van der Waals surface area contributed by atoms with Crippen LogP contribution in [-0.2, 0) is 4.74 Å². The Kier molecular flexibility index (Phi) is 5.69. The molecule has 0 aliphatic rings. The Balaban J connectivity index is 2.15. The van der Waals surface area contributed by atoms with E-state index in [9.17, 15) is 4.79 Å². The second-order valence-electron chi connectivity index (χ2n) is 6.51. The first kappa shape index (κ1) is 18.5. The zero-order valence-corrected chi connectivity index (χ0v) is 16.7. The van der Waals surface area contributed by atoms with Crippen molar-refractivity contribution in [2.24, 2.45) is 5.10 Å². The van der Waals surface area contributed by atoms with Crippen LogP contribution in [0.4, 0.5) is 4.79 Å². The van der Waals surface area contributed by atoms with E-state index in [1.165, 1.54) is 3.57 Å². The highest BCUT2D eigenvalue weighted by atomic mass is 127. The van der Waals surface area contributed by atoms with Crippen LogP contribution in [0.5, 0.6) is 0 Å². The molecular formula is C18H22IN3O2. The molecule has 2 aromatic rings. The summed E-state index contributed by atoms with van der Waals surface area (Å²) in [5.41, 5.74) is 6.06. The van der Waals surface area contributed by atoms with Gasteiger partial charge in [-0.2, -0.15) is 5.10 Å². The smallest absolute Gasteiger partial charge is 0.428 e. The molecule has 1 aromatic carbocycles. The van der Waals surface area contributed by atoms with Crippen molar-refractivity contribution in [3.05, 3.63) is 50.9 Å². The fourth-order valence-electron chi connectivity index (χ4n) is 2.36. The number of nitrogens with one attached hydrogen (secondary N) is 1. The minimum absolute atomic E-state index is 0.541. The lowest BCUT2D eigenvalue weighted by Crippen LogP contribution is -2.29. The summed E-state index contributed by atoms with van der Waals surface area (Å²) in [7, 11) is 0. The van der Waals surface area contributed by atoms with Gasteiger partial charge in [0.25, 0.3) is 0 Å². The molecule has 0 radical (unpaired) electrons. The van der Waals surface area contributed by atoms with Gasteiger partial charge in [-0.1, -0.05) is 0 Å². The first-order chi connectivity index (χ1) is 11.2. The van der Waals surface area contributed by atoms with Crippen molar-refractivity contribution in [3.63, 3.8) is 0 Å². The Hall–Kier alpha value is -1.83. The average molecular weight is 439 g/mol. The topological polar surface area (TPSA) is 55.6 Å². The van der Waals surface area contributed by atoms with Crippen LogP contribution >= 0.6 is 22.6 Å². The molecule has 1 amide bonds. The zero-order chi connectivity index (χ0) is 17.9. The van der Waals surface area contributed by atoms with Crippen LogP contribution in [0.3, 0.4) is 0 Å². The number of ether oxygens (including phenoxy) is 1. The van der Waals surface area contributed by atoms with Crippen LogP contribution in [0.25, 0.3) is 5.69 Å². The van der Waals surface area contributed by atoms with E-state index < -0.39 is 11.7 Å². The van der Waals surface area contributed by atoms with Crippen molar-refractivity contribution < 1.29 is 9.53 Å². The van der Waals surface area contributed by atoms with Gasteiger partial charge < -0.3 is 9.30 Å². The van der Waals surface area contributed by atoms with E-state index >= 15 is 0 Å². The van der Waals surface area contributed by atoms with Gasteiger partial charge in [0.15, 0.2) is 0 Å². The highest BCUT2D eigenvalue weighted by Crippen LogP contribution is 2.20. The van der Waals surface area contributed by atoms with Crippen LogP contribution < -0.4 is 5.43 Å². The molecule has 6 heteroatoms. The summed E-state index contributed by atoms with van der Waals surface area (Å²) in [6, 6.07) is 10.4. The summed E-state index contributed by atoms with van der Waals surface area (Å²) >= 11 is 2.29. The number of rotatable bonds is 3. The van der Waals surface area contributed by atoms with Gasteiger partial charge in [-0.05, 0) is 87.5 Å². The highest BCUT2D eigenvalue weighted by Gasteiger charge is 2.15. The number of hydrogen-bond acceptors (Lipinski definition) is 3. The molecule has 5 nitrogen and oxygen atoms in total. The van der Waals surface area contributed by atoms with Crippen LogP contribution in [0.1, 0.15) is 37.7 Å². The lowest BCUT2D eigenvalue weighted by atomic mass is 10.2. The van der Waals surface area contributed by atoms with Gasteiger partial charge in [-0.25, -0.2) is 10.2 Å². The van der Waals surface area contributed by atoms with Crippen molar-refractivity contribution in [2.75, 3.05) is 0 Å². The Morgan fingerprint density at radius 3 is 2.46 bits per heavy atom. The summed E-state index contributed by atoms with van der Waals surface area (Å²) < 4.78 is 8.50. The Labute approximate surface area is 156 Å². The third-order valence-corrected chi connectivity index (χ3v) is 4.03. The van der Waals surface area contributed by atoms with Gasteiger partial charge in [0.1, 0.15) is 5.60 Å². The molecule has 0 unspecified atom stereocenters. The molecule has 0 aliphatic heterocycles. The average Bonchev–Trinajstić information content (AvgIpc) is 2.73. The number of hydrazone groups is 1. The minimum Gasteiger partial charge on any atom is -0.443 e. The van der Waals surface area contributed by atoms with Gasteiger partial charge in [0, 0.05) is 26.2 Å². The van der Waals surface area contributed by atoms with E-state index in [2.05, 4.69) is 62.0 Å². The number of carbonyl (C=O) groups excluding carboxylic acids is 1. The monoisotopic (exact) mass is 439 g/mol. The first-order valence-electron chi connectivity index (χ1n) is 7.64. The summed E-state index contributed by atoms with van der Waals surface area (Å²) in [6.45, 7) is 9.50. The van der Waals surface area contributed by atoms with E-state index in [4.69, 9.17) is 4.74 Å². The molecule has 0 saturated carbocycles. The lowest BCUT2D eigenvalue weighted by Gasteiger charge is -2.18. The van der Waals surface area contributed by atoms with Gasteiger partial charge in [0.2, 0.25) is 0 Å². The van der Waals surface area contributed by atoms with Crippen LogP contribution in [0.2, 0.25) is 0 Å². The molecule has 0 spiro atoms. The maximum absolute atomic E-state index is 11.6. The molecule has 0 bridgehead atoms. The lowest BCUT2D eigenvalue weighted by molar-refractivity contribution is 0.0529. The third kappa shape index (κ3) is 4.83. The largest absolute Gasteiger partial charge is 0.443 e. The van der Waals surface area contributed by atoms with Crippen molar-refractivity contribution in [3.8, 4) is 5.69 Å². The van der Waals surface area contributed by atoms with Crippen LogP contribution in [0, 0.1) is 17.4 Å². The number of amides is 1. The Morgan fingerprint density at radius 1 is 1.25 bits per heavy atom. The molecule has 128 valence electrons. The normalized spacial score (nSPS) is 11.8. The van der Waals surface area contributed by atoms with Gasteiger partial charge in [0.05, 0.1) is 6.21 Å². The predicted octanol–water partition coefficient (Wildman–Crippen LogP) is 4.56. The molecular weight excluding hydrogens is 417 g/mol. The van der Waals surface area contributed by atoms with Crippen molar-refractivity contribution >= 4 is 34.9 Å². The number of benzene rings is 1. The van der Waals surface area contributed by atoms with Crippen LogP contribution in [0.15, 0.2) is 35.4 Å². The minimum atomic E-state index is -0.565. The SMILES string of the molecule is Cc1cc(C=NNC(=O)OC(C)(C)C)c(C)n1-c1ccc(I)cc1. The number of aryl methyl sites for hydroxylation is 1. The molecule has 0 atom stereocenters. The van der Waals surface area contributed by atoms with E-state index in [-0.39, 0.29) is 0 Å². The van der Waals surface area contributed by atoms with Crippen molar-refractivity contribution in [1.29, 1.82) is 0 Å². The maximum atomic E-state index is 11.6. The zero-order valence-electron chi connectivity index (χ0n) is 14.6. The standard InChI is InChI=1S/C18H22IN3O2/c1-12-10-14(11-20-21-17(23)24-18(3,4)5)13(2)22(12)16-8-6-15(19)7-9-16/h6-11H,1-5H3,(H,21,23). The number of hydrogen-bond donors (Lipinski definition) is 1. The molecule has 24 heavy (non-hydrogen) atoms. The van der Waals surface area contributed by atoms with Gasteiger partial charge in [-0.15, -0.1) is 0 Å². The molecule has 1 N–H and O–H groups in total. The third-order valence-electron chi connectivity index (χ3n) is 3.31. The summed E-state index contributed by atoms with van der Waals surface area (Å²) in [5.74, 6) is 0. The second kappa shape index (κ2) is 7.38. The van der Waals surface area contributed by atoms with E-state index in [1.807, 2.05) is 40.7 Å². The number of halogens is 1. The molecule has 1 aromatic heterocycles. The number of nitrogens with zero attached hydrogens (tertiary/aromatic N) is 2. The van der Waals surface area contributed by atoms with E-state index in [0.29, 0.717) is 0 Å². The molecule has 0 saturated heterocycles. The summed E-state index contributed by atoms with van der Waals surface area (Å²) in [5, 5.41) is 3.98. The van der Waals surface area contributed by atoms with Gasteiger partial charge in [-0.3, -0.25) is 0 Å². The molecule has 2 rings (SSSR count). The first-order valence-corrected chi connectivity index (χ1v) is 8.72. The van der Waals surface area contributed by atoms with Crippen LogP contribution in [-0.4, -0.2) is 22.5 Å². The quantitative estimate of drug-likeness (QED) is 0.433. The summed E-state index contributed by atoms with van der Waals surface area (Å²) in [4.78, 5) is 11.6. The highest BCUT2D eigenvalue weighted by molar-refractivity contribution is 14.1. The maximum Gasteiger partial charge on any atom is 0.428 e. The van der Waals surface area contributed by atoms with E-state index in [0.717, 1.165) is 22.6 Å². The van der Waals surface area contributed by atoms with E-state index in [1.54, 1.807) is 6.21 Å². The second-order valence-corrected chi connectivity index (χ2v) is 7.76. The van der Waals surface area contributed by atoms with Gasteiger partial charge >= 0.3 is 6.09 Å². The fraction of sp³-hybridized carbons (Fsp3) is 0.333. The fourth-order valence-corrected chi connectivity index (χ4v) is 2.72. The van der Waals surface area contributed by atoms with Crippen molar-refractivity contribution in [2.45, 2.75) is 40.2 Å². The van der Waals surface area contributed by atoms with Crippen molar-refractivity contribution in [1.82, 2.24) is 9.99 Å². The molecule has 1 heterocycles. The number of aromatic nitrogens is 1. The number of carbonyl (C=O) groups is 1. The summed E-state index contributed by atoms with van der Waals surface area (Å²) in [6.07, 6.45) is 1.07. The molecule has 0 fully saturated rings. The molecule has 0 aliphatic carbocycles. The Bertz CT molecular complexity index is 756.